The van der Waals surface area contributed by atoms with Crippen LogP contribution in [0.1, 0.15) is 15.9 Å². The summed E-state index contributed by atoms with van der Waals surface area (Å²) >= 11 is 5.80. The number of aromatic nitrogens is 1. The summed E-state index contributed by atoms with van der Waals surface area (Å²) in [5, 5.41) is 2.58. The molecule has 0 aliphatic heterocycles. The van der Waals surface area contributed by atoms with Crippen molar-refractivity contribution in [2.75, 3.05) is 5.32 Å². The topological polar surface area (TPSA) is 42.0 Å². The molecule has 0 saturated heterocycles. The van der Waals surface area contributed by atoms with Crippen LogP contribution < -0.4 is 5.32 Å². The van der Waals surface area contributed by atoms with Crippen LogP contribution >= 0.6 is 11.6 Å². The first-order chi connectivity index (χ1) is 8.58. The number of carbonyl (C=O) groups is 1. The van der Waals surface area contributed by atoms with Gasteiger partial charge in [-0.15, -0.1) is 0 Å². The van der Waals surface area contributed by atoms with Crippen molar-refractivity contribution in [1.29, 1.82) is 0 Å². The zero-order valence-corrected chi connectivity index (χ0v) is 10.3. The Labute approximate surface area is 109 Å². The summed E-state index contributed by atoms with van der Waals surface area (Å²) in [6.45, 7) is 1.87. The molecule has 0 spiro atoms. The maximum atomic E-state index is 13.5. The van der Waals surface area contributed by atoms with Gasteiger partial charge in [-0.05, 0) is 36.8 Å². The first-order valence-electron chi connectivity index (χ1n) is 5.26. The average Bonchev–Trinajstić information content (AvgIpc) is 2.28. The minimum atomic E-state index is -0.660. The number of rotatable bonds is 2. The highest BCUT2D eigenvalue weighted by Crippen LogP contribution is 2.20. The van der Waals surface area contributed by atoms with Crippen LogP contribution in [0.2, 0.25) is 5.02 Å². The van der Waals surface area contributed by atoms with Crippen molar-refractivity contribution in [3.05, 3.63) is 58.5 Å². The van der Waals surface area contributed by atoms with Gasteiger partial charge in [-0.2, -0.15) is 0 Å². The van der Waals surface area contributed by atoms with Gasteiger partial charge in [-0.1, -0.05) is 17.7 Å². The van der Waals surface area contributed by atoms with Gasteiger partial charge in [-0.3, -0.25) is 4.79 Å². The Balaban J connectivity index is 2.28. The molecule has 0 atom stereocenters. The Morgan fingerprint density at radius 1 is 1.39 bits per heavy atom. The van der Waals surface area contributed by atoms with Gasteiger partial charge in [0.15, 0.2) is 0 Å². The number of nitrogens with one attached hydrogen (secondary N) is 1. The second kappa shape index (κ2) is 5.14. The standard InChI is InChI=1S/C13H10ClFN2O/c1-8-5-6-16-11(7-8)17-13(18)12-9(14)3-2-4-10(12)15/h2-7H,1H3,(H,16,17,18). The number of aryl methyl sites for hydroxylation is 1. The van der Waals surface area contributed by atoms with Crippen LogP contribution in [0.4, 0.5) is 10.2 Å². The van der Waals surface area contributed by atoms with Gasteiger partial charge >= 0.3 is 0 Å². The second-order valence-corrected chi connectivity index (χ2v) is 4.18. The Kier molecular flexibility index (Phi) is 3.58. The molecule has 92 valence electrons. The van der Waals surface area contributed by atoms with E-state index in [0.717, 1.165) is 5.56 Å². The highest BCUT2D eigenvalue weighted by molar-refractivity contribution is 6.34. The summed E-state index contributed by atoms with van der Waals surface area (Å²) in [6.07, 6.45) is 1.56. The normalized spacial score (nSPS) is 10.2. The van der Waals surface area contributed by atoms with E-state index in [0.29, 0.717) is 5.82 Å². The lowest BCUT2D eigenvalue weighted by atomic mass is 10.2. The van der Waals surface area contributed by atoms with Crippen molar-refractivity contribution < 1.29 is 9.18 Å². The van der Waals surface area contributed by atoms with Crippen LogP contribution in [-0.2, 0) is 0 Å². The summed E-state index contributed by atoms with van der Waals surface area (Å²) in [5.41, 5.74) is 0.766. The molecule has 3 nitrogen and oxygen atoms in total. The van der Waals surface area contributed by atoms with Gasteiger partial charge in [0.2, 0.25) is 0 Å². The first-order valence-corrected chi connectivity index (χ1v) is 5.64. The van der Waals surface area contributed by atoms with E-state index >= 15 is 0 Å². The Hall–Kier alpha value is -1.94. The molecule has 0 unspecified atom stereocenters. The van der Waals surface area contributed by atoms with Gasteiger partial charge in [-0.25, -0.2) is 9.37 Å². The van der Waals surface area contributed by atoms with Crippen molar-refractivity contribution in [2.45, 2.75) is 6.92 Å². The molecule has 0 fully saturated rings. The quantitative estimate of drug-likeness (QED) is 0.903. The number of pyridine rings is 1. The van der Waals surface area contributed by atoms with Gasteiger partial charge < -0.3 is 5.32 Å². The summed E-state index contributed by atoms with van der Waals surface area (Å²) in [5.74, 6) is -0.914. The lowest BCUT2D eigenvalue weighted by molar-refractivity contribution is 0.102. The van der Waals surface area contributed by atoms with Crippen molar-refractivity contribution in [1.82, 2.24) is 4.98 Å². The van der Waals surface area contributed by atoms with E-state index in [-0.39, 0.29) is 10.6 Å². The zero-order valence-electron chi connectivity index (χ0n) is 9.58. The predicted molar refractivity (Wildman–Crippen MR) is 68.3 cm³/mol. The molecule has 1 aromatic carbocycles. The number of anilines is 1. The van der Waals surface area contributed by atoms with Crippen molar-refractivity contribution in [2.24, 2.45) is 0 Å². The Morgan fingerprint density at radius 2 is 2.17 bits per heavy atom. The molecular weight excluding hydrogens is 255 g/mol. The van der Waals surface area contributed by atoms with Crippen LogP contribution in [0, 0.1) is 12.7 Å². The molecule has 0 aliphatic rings. The molecule has 0 bridgehead atoms. The summed E-state index contributed by atoms with van der Waals surface area (Å²) in [4.78, 5) is 15.9. The zero-order chi connectivity index (χ0) is 13.1. The first kappa shape index (κ1) is 12.5. The smallest absolute Gasteiger partial charge is 0.261 e. The minimum Gasteiger partial charge on any atom is -0.306 e. The van der Waals surface area contributed by atoms with Crippen molar-refractivity contribution in [3.63, 3.8) is 0 Å². The molecular formula is C13H10ClFN2O. The average molecular weight is 265 g/mol. The van der Waals surface area contributed by atoms with E-state index in [4.69, 9.17) is 11.6 Å². The molecule has 1 N–H and O–H groups in total. The molecule has 18 heavy (non-hydrogen) atoms. The number of halogens is 2. The highest BCUT2D eigenvalue weighted by Gasteiger charge is 2.16. The van der Waals surface area contributed by atoms with E-state index in [1.807, 2.05) is 6.92 Å². The third kappa shape index (κ3) is 2.65. The maximum Gasteiger partial charge on any atom is 0.261 e. The van der Waals surface area contributed by atoms with Crippen molar-refractivity contribution in [3.8, 4) is 0 Å². The largest absolute Gasteiger partial charge is 0.306 e. The van der Waals surface area contributed by atoms with Crippen LogP contribution in [0.5, 0.6) is 0 Å². The van der Waals surface area contributed by atoms with E-state index < -0.39 is 11.7 Å². The van der Waals surface area contributed by atoms with E-state index in [1.165, 1.54) is 18.2 Å². The number of carbonyl (C=O) groups excluding carboxylic acids is 1. The molecule has 1 heterocycles. The molecule has 2 aromatic rings. The van der Waals surface area contributed by atoms with Gasteiger partial charge in [0.1, 0.15) is 11.6 Å². The van der Waals surface area contributed by atoms with Gasteiger partial charge in [0.25, 0.3) is 5.91 Å². The Bertz CT molecular complexity index is 581. The predicted octanol–water partition coefficient (Wildman–Crippen LogP) is 3.43. The molecule has 0 aliphatic carbocycles. The number of hydrogen-bond acceptors (Lipinski definition) is 2. The fourth-order valence-electron chi connectivity index (χ4n) is 1.50. The monoisotopic (exact) mass is 264 g/mol. The van der Waals surface area contributed by atoms with E-state index in [2.05, 4.69) is 10.3 Å². The number of nitrogens with zero attached hydrogens (tertiary/aromatic N) is 1. The maximum absolute atomic E-state index is 13.5. The molecule has 5 heteroatoms. The van der Waals surface area contributed by atoms with Crippen molar-refractivity contribution >= 4 is 23.3 Å². The van der Waals surface area contributed by atoms with Crippen LogP contribution in [0.15, 0.2) is 36.5 Å². The minimum absolute atomic E-state index is 0.0696. The molecule has 2 rings (SSSR count). The molecule has 0 saturated carbocycles. The summed E-state index contributed by atoms with van der Waals surface area (Å²) in [7, 11) is 0. The van der Waals surface area contributed by atoms with Gasteiger partial charge in [0.05, 0.1) is 10.6 Å². The Morgan fingerprint density at radius 3 is 2.83 bits per heavy atom. The SMILES string of the molecule is Cc1ccnc(NC(=O)c2c(F)cccc2Cl)c1. The number of hydrogen-bond donors (Lipinski definition) is 1. The van der Waals surface area contributed by atoms with Crippen LogP contribution in [0.3, 0.4) is 0 Å². The highest BCUT2D eigenvalue weighted by atomic mass is 35.5. The second-order valence-electron chi connectivity index (χ2n) is 3.77. The van der Waals surface area contributed by atoms with E-state index in [1.54, 1.807) is 18.3 Å². The fourth-order valence-corrected chi connectivity index (χ4v) is 1.75. The lowest BCUT2D eigenvalue weighted by Gasteiger charge is -2.07. The lowest BCUT2D eigenvalue weighted by Crippen LogP contribution is -2.15. The van der Waals surface area contributed by atoms with Gasteiger partial charge in [0, 0.05) is 6.20 Å². The molecule has 1 aromatic heterocycles. The number of benzene rings is 1. The fraction of sp³-hybridized carbons (Fsp3) is 0.0769. The summed E-state index contributed by atoms with van der Waals surface area (Å²) in [6, 6.07) is 7.57. The number of amides is 1. The van der Waals surface area contributed by atoms with E-state index in [9.17, 15) is 9.18 Å². The van der Waals surface area contributed by atoms with Crippen LogP contribution in [-0.4, -0.2) is 10.9 Å². The van der Waals surface area contributed by atoms with Crippen LogP contribution in [0.25, 0.3) is 0 Å². The third-order valence-corrected chi connectivity index (χ3v) is 2.66. The third-order valence-electron chi connectivity index (χ3n) is 2.35. The molecule has 1 amide bonds. The molecule has 0 radical (unpaired) electrons. The summed E-state index contributed by atoms with van der Waals surface area (Å²) < 4.78 is 13.5.